The van der Waals surface area contributed by atoms with E-state index in [1.54, 1.807) is 62.3 Å². The molecule has 1 unspecified atom stereocenters. The number of likely N-dealkylation sites (N-methyl/N-ethyl adjacent to an activating group) is 2. The molecule has 0 radical (unpaired) electrons. The lowest BCUT2D eigenvalue weighted by atomic mass is 9.76. The first-order valence-electron chi connectivity index (χ1n) is 18.0. The van der Waals surface area contributed by atoms with Gasteiger partial charge in [0.05, 0.1) is 6.42 Å². The Balaban J connectivity index is 2.44. The molecule has 14 heteroatoms. The average molecular weight is 756 g/mol. The summed E-state index contributed by atoms with van der Waals surface area (Å²) < 4.78 is 12.9. The summed E-state index contributed by atoms with van der Waals surface area (Å²) in [5.41, 5.74) is -1.63. The molecule has 4 amide bonds. The molecule has 0 saturated carbocycles. The van der Waals surface area contributed by atoms with Crippen molar-refractivity contribution in [1.29, 1.82) is 0 Å². The van der Waals surface area contributed by atoms with Gasteiger partial charge in [-0.1, -0.05) is 58.9 Å². The topological polar surface area (TPSA) is 177 Å². The van der Waals surface area contributed by atoms with Gasteiger partial charge in [0.1, 0.15) is 29.3 Å². The van der Waals surface area contributed by atoms with Crippen LogP contribution in [0.4, 0.5) is 4.79 Å². The number of hydrogen-bond acceptors (Lipinski definition) is 8. The molecular weight excluding hydrogens is 694 g/mol. The van der Waals surface area contributed by atoms with E-state index in [-0.39, 0.29) is 12.1 Å². The number of nitrogens with zero attached hydrogens (tertiary/aromatic N) is 3. The Labute approximate surface area is 319 Å². The van der Waals surface area contributed by atoms with Crippen LogP contribution < -0.4 is 10.6 Å². The third kappa shape index (κ3) is 12.1. The minimum Gasteiger partial charge on any atom is -0.481 e. The molecule has 54 heavy (non-hydrogen) atoms. The van der Waals surface area contributed by atoms with E-state index in [1.807, 2.05) is 55.9 Å². The lowest BCUT2D eigenvalue weighted by Gasteiger charge is -2.41. The fourth-order valence-corrected chi connectivity index (χ4v) is 5.99. The normalized spacial score (nSPS) is 14.4. The zero-order chi connectivity index (χ0) is 41.7. The van der Waals surface area contributed by atoms with E-state index >= 15 is 0 Å². The first-order chi connectivity index (χ1) is 24.5. The smallest absolute Gasteiger partial charge is 0.410 e. The van der Waals surface area contributed by atoms with Gasteiger partial charge >= 0.3 is 18.0 Å². The van der Waals surface area contributed by atoms with Crippen molar-refractivity contribution in [2.45, 2.75) is 124 Å². The zero-order valence-corrected chi connectivity index (χ0v) is 34.7. The highest BCUT2D eigenvalue weighted by atomic mass is 16.6. The Hall–Kier alpha value is -4.88. The van der Waals surface area contributed by atoms with Gasteiger partial charge < -0.3 is 34.7 Å². The lowest BCUT2D eigenvalue weighted by molar-refractivity contribution is -0.160. The number of ether oxygens (including phenoxy) is 2. The van der Waals surface area contributed by atoms with Gasteiger partial charge in [-0.15, -0.1) is 0 Å². The number of aliphatic carboxylic acids is 1. The highest BCUT2D eigenvalue weighted by Gasteiger charge is 2.46. The van der Waals surface area contributed by atoms with Gasteiger partial charge in [0.15, 0.2) is 0 Å². The van der Waals surface area contributed by atoms with Crippen LogP contribution in [-0.2, 0) is 45.9 Å². The van der Waals surface area contributed by atoms with Crippen LogP contribution in [0.3, 0.4) is 0 Å². The van der Waals surface area contributed by atoms with Gasteiger partial charge in [0.2, 0.25) is 17.7 Å². The van der Waals surface area contributed by atoms with E-state index in [0.29, 0.717) is 0 Å². The number of amides is 4. The van der Waals surface area contributed by atoms with Crippen molar-refractivity contribution in [1.82, 2.24) is 25.0 Å². The maximum absolute atomic E-state index is 14.6. The number of hydrogen-bond donors (Lipinski definition) is 3. The largest absolute Gasteiger partial charge is 0.481 e. The van der Waals surface area contributed by atoms with Crippen molar-refractivity contribution in [3.63, 3.8) is 0 Å². The number of carboxylic acids is 1. The van der Waals surface area contributed by atoms with Crippen molar-refractivity contribution in [2.75, 3.05) is 20.6 Å². The van der Waals surface area contributed by atoms with E-state index in [2.05, 4.69) is 10.6 Å². The van der Waals surface area contributed by atoms with Crippen LogP contribution >= 0.6 is 0 Å². The van der Waals surface area contributed by atoms with Crippen molar-refractivity contribution < 1.29 is 43.3 Å². The van der Waals surface area contributed by atoms with Crippen LogP contribution in [0, 0.1) is 5.41 Å². The van der Waals surface area contributed by atoms with E-state index < -0.39 is 82.3 Å². The highest BCUT2D eigenvalue weighted by Crippen LogP contribution is 2.37. The maximum Gasteiger partial charge on any atom is 0.410 e. The van der Waals surface area contributed by atoms with Crippen molar-refractivity contribution >= 4 is 46.7 Å². The number of esters is 1. The van der Waals surface area contributed by atoms with Crippen molar-refractivity contribution in [3.8, 4) is 0 Å². The molecule has 3 N–H and O–H groups in total. The predicted octanol–water partition coefficient (Wildman–Crippen LogP) is 4.93. The molecular formula is C40H61N5O9. The van der Waals surface area contributed by atoms with Gasteiger partial charge in [-0.05, 0) is 65.5 Å². The molecule has 0 spiro atoms. The van der Waals surface area contributed by atoms with Gasteiger partial charge in [0.25, 0.3) is 0 Å². The number of benzene rings is 1. The van der Waals surface area contributed by atoms with Gasteiger partial charge in [0, 0.05) is 55.8 Å². The minimum absolute atomic E-state index is 0.0562. The number of carbonyl (C=O) groups excluding carboxylic acids is 5. The van der Waals surface area contributed by atoms with Crippen LogP contribution in [0.1, 0.15) is 95.1 Å². The first kappa shape index (κ1) is 45.3. The summed E-state index contributed by atoms with van der Waals surface area (Å²) in [5, 5.41) is 15.6. The SMILES string of the molecule is C/C(=C\CN(C)C(=O)C(NC(=O)[C@@H](N(C)C(=O)OC(C)(C)C)C(C)(C)c1cn(C)c2ccccc12)C(C)(C)C)C(=O)N[C@H](CC(=O)O)C(=O)OC(C)(C)C. The second-order valence-electron chi connectivity index (χ2n) is 17.5. The number of carbonyl (C=O) groups is 6. The van der Waals surface area contributed by atoms with Gasteiger partial charge in [-0.2, -0.15) is 0 Å². The number of rotatable bonds is 13. The standard InChI is InChI=1S/C40H61N5O9/c1-24(32(48)41-27(22-29(46)47)35(51)53-38(5,6)7)20-21-43(13)34(50)30(37(2,3)4)42-33(49)31(45(15)36(52)54-39(8,9)10)40(11,12)26-23-44(14)28-19-17-16-18-25(26)28/h16-20,23,27,30-31H,21-22H2,1-15H3,(H,41,48)(H,42,49)(H,46,47)/b24-20+/t27-,30?,31-/m1/s1. The fraction of sp³-hybridized carbons (Fsp3) is 0.600. The maximum atomic E-state index is 14.6. The minimum atomic E-state index is -1.43. The molecule has 0 saturated heterocycles. The molecule has 0 fully saturated rings. The molecule has 1 aromatic heterocycles. The second-order valence-corrected chi connectivity index (χ2v) is 17.5. The molecule has 2 rings (SSSR count). The van der Waals surface area contributed by atoms with Crippen molar-refractivity contribution in [2.24, 2.45) is 12.5 Å². The number of para-hydroxylation sites is 1. The Kier molecular flexibility index (Phi) is 14.3. The summed E-state index contributed by atoms with van der Waals surface area (Å²) in [7, 11) is 4.94. The number of nitrogens with one attached hydrogen (secondary N) is 2. The van der Waals surface area contributed by atoms with E-state index in [9.17, 15) is 33.9 Å². The van der Waals surface area contributed by atoms with E-state index in [0.717, 1.165) is 16.5 Å². The third-order valence-electron chi connectivity index (χ3n) is 8.77. The highest BCUT2D eigenvalue weighted by molar-refractivity contribution is 5.97. The summed E-state index contributed by atoms with van der Waals surface area (Å²) in [5.74, 6) is -3.92. The monoisotopic (exact) mass is 755 g/mol. The van der Waals surface area contributed by atoms with Crippen LogP contribution in [0.15, 0.2) is 42.1 Å². The number of aromatic nitrogens is 1. The van der Waals surface area contributed by atoms with Crippen molar-refractivity contribution in [3.05, 3.63) is 47.7 Å². The van der Waals surface area contributed by atoms with Gasteiger partial charge in [-0.3, -0.25) is 24.1 Å². The average Bonchev–Trinajstić information content (AvgIpc) is 3.36. The van der Waals surface area contributed by atoms with Gasteiger partial charge in [-0.25, -0.2) is 9.59 Å². The fourth-order valence-electron chi connectivity index (χ4n) is 5.99. The molecule has 300 valence electrons. The Morgan fingerprint density at radius 1 is 0.870 bits per heavy atom. The number of aryl methyl sites for hydroxylation is 1. The summed E-state index contributed by atoms with van der Waals surface area (Å²) in [4.78, 5) is 81.9. The zero-order valence-electron chi connectivity index (χ0n) is 34.7. The van der Waals surface area contributed by atoms with E-state index in [1.165, 1.54) is 36.9 Å². The molecule has 0 aliphatic rings. The van der Waals surface area contributed by atoms with Crippen LogP contribution in [0.5, 0.6) is 0 Å². The lowest BCUT2D eigenvalue weighted by Crippen LogP contribution is -2.62. The molecule has 1 heterocycles. The summed E-state index contributed by atoms with van der Waals surface area (Å²) in [6, 6.07) is 4.15. The first-order valence-corrected chi connectivity index (χ1v) is 18.0. The number of fused-ring (bicyclic) bond motifs is 1. The van der Waals surface area contributed by atoms with Crippen LogP contribution in [0.2, 0.25) is 0 Å². The molecule has 0 aliphatic carbocycles. The summed E-state index contributed by atoms with van der Waals surface area (Å²) in [6.45, 7) is 20.7. The molecule has 0 aliphatic heterocycles. The molecule has 2 aromatic rings. The Morgan fingerprint density at radius 2 is 1.43 bits per heavy atom. The summed E-state index contributed by atoms with van der Waals surface area (Å²) in [6.07, 6.45) is 2.02. The number of carboxylic acid groups (broad SMARTS) is 1. The van der Waals surface area contributed by atoms with E-state index in [4.69, 9.17) is 9.47 Å². The molecule has 14 nitrogen and oxygen atoms in total. The molecule has 0 bridgehead atoms. The van der Waals surface area contributed by atoms with Crippen LogP contribution in [-0.4, -0.2) is 105 Å². The second kappa shape index (κ2) is 17.1. The molecule has 3 atom stereocenters. The predicted molar refractivity (Wildman–Crippen MR) is 207 cm³/mol. The Bertz CT molecular complexity index is 1750. The Morgan fingerprint density at radius 3 is 1.94 bits per heavy atom. The van der Waals surface area contributed by atoms with Crippen LogP contribution in [0.25, 0.3) is 10.9 Å². The molecule has 1 aromatic carbocycles. The third-order valence-corrected chi connectivity index (χ3v) is 8.77. The quantitative estimate of drug-likeness (QED) is 0.189. The summed E-state index contributed by atoms with van der Waals surface area (Å²) >= 11 is 0.